The van der Waals surface area contributed by atoms with Crippen molar-refractivity contribution in [1.29, 1.82) is 0 Å². The number of rotatable bonds is 4. The molecule has 4 nitrogen and oxygen atoms in total. The Morgan fingerprint density at radius 3 is 2.64 bits per heavy atom. The van der Waals surface area contributed by atoms with Gasteiger partial charge in [-0.05, 0) is 37.0 Å². The molecule has 1 aromatic carbocycles. The number of nitrogens with zero attached hydrogens (tertiary/aromatic N) is 1. The number of fused-ring (bicyclic) bond motifs is 1. The molecule has 112 valence electrons. The molecule has 0 fully saturated rings. The number of aryl methyl sites for hydroxylation is 3. The summed E-state index contributed by atoms with van der Waals surface area (Å²) in [5.41, 5.74) is 1.75. The van der Waals surface area contributed by atoms with Crippen molar-refractivity contribution in [3.8, 4) is 0 Å². The molecule has 0 amide bonds. The Morgan fingerprint density at radius 2 is 1.86 bits per heavy atom. The maximum absolute atomic E-state index is 12.5. The van der Waals surface area contributed by atoms with Crippen molar-refractivity contribution in [2.75, 3.05) is 0 Å². The van der Waals surface area contributed by atoms with Gasteiger partial charge in [-0.3, -0.25) is 4.79 Å². The lowest BCUT2D eigenvalue weighted by Gasteiger charge is -2.08. The van der Waals surface area contributed by atoms with Gasteiger partial charge in [-0.15, -0.1) is 0 Å². The van der Waals surface area contributed by atoms with Gasteiger partial charge >= 0.3 is 5.63 Å². The minimum atomic E-state index is -0.425. The van der Waals surface area contributed by atoms with E-state index in [1.807, 2.05) is 18.2 Å². The third kappa shape index (κ3) is 2.86. The monoisotopic (exact) mass is 295 g/mol. The first-order chi connectivity index (χ1) is 10.6. The molecule has 0 N–H and O–H groups in total. The molecule has 0 aliphatic heterocycles. The fraction of sp³-hybridized carbons (Fsp3) is 0.222. The molecule has 0 bridgehead atoms. The van der Waals surface area contributed by atoms with Gasteiger partial charge in [0.25, 0.3) is 5.56 Å². The molecule has 0 spiro atoms. The largest absolute Gasteiger partial charge is 0.422 e. The Balaban J connectivity index is 1.84. The lowest BCUT2D eigenvalue weighted by atomic mass is 10.1. The molecule has 0 radical (unpaired) electrons. The van der Waals surface area contributed by atoms with Crippen LogP contribution in [-0.4, -0.2) is 4.57 Å². The van der Waals surface area contributed by atoms with E-state index >= 15 is 0 Å². The zero-order valence-corrected chi connectivity index (χ0v) is 12.4. The summed E-state index contributed by atoms with van der Waals surface area (Å²) in [7, 11) is 0. The van der Waals surface area contributed by atoms with Gasteiger partial charge in [-0.1, -0.05) is 30.3 Å². The molecule has 0 aliphatic carbocycles. The van der Waals surface area contributed by atoms with E-state index in [1.54, 1.807) is 23.8 Å². The second kappa shape index (κ2) is 6.02. The third-order valence-electron chi connectivity index (χ3n) is 3.77. The topological polar surface area (TPSA) is 52.2 Å². The Morgan fingerprint density at radius 1 is 1.09 bits per heavy atom. The van der Waals surface area contributed by atoms with Crippen molar-refractivity contribution in [2.45, 2.75) is 26.3 Å². The predicted molar refractivity (Wildman–Crippen MR) is 86.2 cm³/mol. The van der Waals surface area contributed by atoms with E-state index in [9.17, 15) is 9.59 Å². The molecule has 0 saturated heterocycles. The average Bonchev–Trinajstić information content (AvgIpc) is 2.50. The molecule has 22 heavy (non-hydrogen) atoms. The van der Waals surface area contributed by atoms with Crippen molar-refractivity contribution in [1.82, 2.24) is 4.57 Å². The van der Waals surface area contributed by atoms with Crippen LogP contribution in [0, 0.1) is 6.92 Å². The van der Waals surface area contributed by atoms with Crippen LogP contribution in [0.2, 0.25) is 0 Å². The first-order valence-corrected chi connectivity index (χ1v) is 7.33. The average molecular weight is 295 g/mol. The summed E-state index contributed by atoms with van der Waals surface area (Å²) in [6.07, 6.45) is 3.50. The molecule has 3 aromatic rings. The molecule has 2 heterocycles. The minimum Gasteiger partial charge on any atom is -0.422 e. The van der Waals surface area contributed by atoms with E-state index in [0.717, 1.165) is 12.8 Å². The van der Waals surface area contributed by atoms with Crippen molar-refractivity contribution in [2.24, 2.45) is 0 Å². The van der Waals surface area contributed by atoms with E-state index < -0.39 is 5.63 Å². The number of hydrogen-bond acceptors (Lipinski definition) is 3. The molecule has 0 aliphatic rings. The summed E-state index contributed by atoms with van der Waals surface area (Å²) in [5, 5.41) is 0.488. The number of aromatic nitrogens is 1. The number of benzene rings is 1. The Labute approximate surface area is 127 Å². The van der Waals surface area contributed by atoms with E-state index in [4.69, 9.17) is 4.42 Å². The highest BCUT2D eigenvalue weighted by molar-refractivity contribution is 5.78. The summed E-state index contributed by atoms with van der Waals surface area (Å²) in [6, 6.07) is 13.2. The van der Waals surface area contributed by atoms with Gasteiger partial charge in [0, 0.05) is 18.8 Å². The summed E-state index contributed by atoms with van der Waals surface area (Å²) in [5.74, 6) is 0. The van der Waals surface area contributed by atoms with Gasteiger partial charge in [0.1, 0.15) is 5.58 Å². The van der Waals surface area contributed by atoms with Gasteiger partial charge in [-0.25, -0.2) is 4.79 Å². The second-order valence-corrected chi connectivity index (χ2v) is 5.39. The fourth-order valence-corrected chi connectivity index (χ4v) is 2.67. The number of hydrogen-bond donors (Lipinski definition) is 0. The van der Waals surface area contributed by atoms with Crippen LogP contribution < -0.4 is 11.2 Å². The molecular weight excluding hydrogens is 278 g/mol. The Hall–Kier alpha value is -2.62. The lowest BCUT2D eigenvalue weighted by molar-refractivity contribution is 0.554. The van der Waals surface area contributed by atoms with Crippen LogP contribution in [0.3, 0.4) is 0 Å². The molecule has 3 rings (SSSR count). The first-order valence-electron chi connectivity index (χ1n) is 7.33. The maximum atomic E-state index is 12.5. The van der Waals surface area contributed by atoms with Gasteiger partial charge in [-0.2, -0.15) is 0 Å². The SMILES string of the molecule is Cc1cc(=O)oc2ccn(CCCc3ccccc3)c(=O)c12. The van der Waals surface area contributed by atoms with Crippen LogP contribution in [0.15, 0.2) is 62.7 Å². The van der Waals surface area contributed by atoms with E-state index in [2.05, 4.69) is 12.1 Å². The highest BCUT2D eigenvalue weighted by Gasteiger charge is 2.08. The molecule has 0 saturated carbocycles. The van der Waals surface area contributed by atoms with Crippen LogP contribution >= 0.6 is 0 Å². The van der Waals surface area contributed by atoms with Gasteiger partial charge < -0.3 is 8.98 Å². The van der Waals surface area contributed by atoms with Crippen molar-refractivity contribution < 1.29 is 4.42 Å². The standard InChI is InChI=1S/C18H17NO3/c1-13-12-16(20)22-15-9-11-19(18(21)17(13)15)10-5-8-14-6-3-2-4-7-14/h2-4,6-7,9,11-12H,5,8,10H2,1H3. The summed E-state index contributed by atoms with van der Waals surface area (Å²) >= 11 is 0. The molecule has 2 aromatic heterocycles. The third-order valence-corrected chi connectivity index (χ3v) is 3.77. The van der Waals surface area contributed by atoms with Crippen LogP contribution in [0.5, 0.6) is 0 Å². The zero-order chi connectivity index (χ0) is 15.5. The van der Waals surface area contributed by atoms with Crippen LogP contribution in [-0.2, 0) is 13.0 Å². The normalized spacial score (nSPS) is 11.0. The summed E-state index contributed by atoms with van der Waals surface area (Å²) in [6.45, 7) is 2.40. The van der Waals surface area contributed by atoms with Gasteiger partial charge in [0.15, 0.2) is 0 Å². The van der Waals surface area contributed by atoms with E-state index in [-0.39, 0.29) is 5.56 Å². The Kier molecular flexibility index (Phi) is 3.92. The predicted octanol–water partition coefficient (Wildman–Crippen LogP) is 2.90. The molecular formula is C18H17NO3. The van der Waals surface area contributed by atoms with E-state index in [0.29, 0.717) is 23.1 Å². The van der Waals surface area contributed by atoms with Crippen molar-refractivity contribution >= 4 is 11.0 Å². The van der Waals surface area contributed by atoms with Crippen LogP contribution in [0.1, 0.15) is 17.5 Å². The maximum Gasteiger partial charge on any atom is 0.336 e. The van der Waals surface area contributed by atoms with Crippen LogP contribution in [0.4, 0.5) is 0 Å². The molecule has 0 atom stereocenters. The fourth-order valence-electron chi connectivity index (χ4n) is 2.67. The lowest BCUT2D eigenvalue weighted by Crippen LogP contribution is -2.21. The zero-order valence-electron chi connectivity index (χ0n) is 12.4. The smallest absolute Gasteiger partial charge is 0.336 e. The first kappa shape index (κ1) is 14.3. The summed E-state index contributed by atoms with van der Waals surface area (Å²) < 4.78 is 6.76. The van der Waals surface area contributed by atoms with Gasteiger partial charge in [0.2, 0.25) is 0 Å². The van der Waals surface area contributed by atoms with E-state index in [1.165, 1.54) is 11.6 Å². The van der Waals surface area contributed by atoms with Crippen LogP contribution in [0.25, 0.3) is 11.0 Å². The van der Waals surface area contributed by atoms with Crippen molar-refractivity contribution in [3.63, 3.8) is 0 Å². The molecule has 4 heteroatoms. The Bertz CT molecular complexity index is 907. The number of pyridine rings is 1. The minimum absolute atomic E-state index is 0.105. The highest BCUT2D eigenvalue weighted by Crippen LogP contribution is 2.11. The second-order valence-electron chi connectivity index (χ2n) is 5.39. The molecule has 0 unspecified atom stereocenters. The summed E-state index contributed by atoms with van der Waals surface area (Å²) in [4.78, 5) is 23.9. The highest BCUT2D eigenvalue weighted by atomic mass is 16.4. The van der Waals surface area contributed by atoms with Crippen molar-refractivity contribution in [3.05, 3.63) is 80.6 Å². The quantitative estimate of drug-likeness (QED) is 0.743. The van der Waals surface area contributed by atoms with Gasteiger partial charge in [0.05, 0.1) is 5.39 Å².